The third-order valence-corrected chi connectivity index (χ3v) is 4.53. The van der Waals surface area contributed by atoms with Crippen molar-refractivity contribution in [2.24, 2.45) is 10.8 Å². The molecule has 0 spiro atoms. The van der Waals surface area contributed by atoms with Gasteiger partial charge in [-0.15, -0.1) is 0 Å². The van der Waals surface area contributed by atoms with Crippen molar-refractivity contribution in [1.29, 1.82) is 0 Å². The highest BCUT2D eigenvalue weighted by atomic mass is 79.9. The van der Waals surface area contributed by atoms with Gasteiger partial charge in [-0.2, -0.15) is 0 Å². The Morgan fingerprint density at radius 3 is 2.29 bits per heavy atom. The van der Waals surface area contributed by atoms with E-state index in [1.165, 1.54) is 6.42 Å². The number of hydrogen-bond acceptors (Lipinski definition) is 2. The van der Waals surface area contributed by atoms with E-state index in [9.17, 15) is 4.79 Å². The minimum atomic E-state index is -0.0403. The summed E-state index contributed by atoms with van der Waals surface area (Å²) in [6.45, 7) is 9.13. The summed E-state index contributed by atoms with van der Waals surface area (Å²) in [4.78, 5) is 12.5. The Morgan fingerprint density at radius 1 is 1.19 bits per heavy atom. The van der Waals surface area contributed by atoms with E-state index in [0.29, 0.717) is 11.3 Å². The van der Waals surface area contributed by atoms with E-state index >= 15 is 0 Å². The molecule has 0 heterocycles. The maximum absolute atomic E-state index is 12.5. The van der Waals surface area contributed by atoms with Crippen LogP contribution in [-0.2, 0) is 0 Å². The van der Waals surface area contributed by atoms with E-state index in [2.05, 4.69) is 48.9 Å². The Hall–Kier alpha value is -1.03. The lowest BCUT2D eigenvalue weighted by Crippen LogP contribution is -2.46. The van der Waals surface area contributed by atoms with Crippen molar-refractivity contribution in [1.82, 2.24) is 5.32 Å². The fourth-order valence-electron chi connectivity index (χ4n) is 3.96. The molecule has 1 aliphatic rings. The van der Waals surface area contributed by atoms with E-state index in [4.69, 9.17) is 5.73 Å². The molecule has 0 bridgehead atoms. The van der Waals surface area contributed by atoms with Gasteiger partial charge in [-0.05, 0) is 48.3 Å². The van der Waals surface area contributed by atoms with Crippen molar-refractivity contribution >= 4 is 27.5 Å². The molecule has 1 fully saturated rings. The van der Waals surface area contributed by atoms with Gasteiger partial charge in [0, 0.05) is 21.8 Å². The fraction of sp³-hybridized carbons (Fsp3) is 0.588. The molecule has 1 aromatic rings. The van der Waals surface area contributed by atoms with Crippen molar-refractivity contribution in [2.45, 2.75) is 53.0 Å². The summed E-state index contributed by atoms with van der Waals surface area (Å²) >= 11 is 3.38. The zero-order valence-corrected chi connectivity index (χ0v) is 14.9. The molecule has 21 heavy (non-hydrogen) atoms. The van der Waals surface area contributed by atoms with Crippen LogP contribution in [0.15, 0.2) is 22.7 Å². The lowest BCUT2D eigenvalue weighted by atomic mass is 9.63. The zero-order valence-electron chi connectivity index (χ0n) is 13.3. The molecular formula is C17H25BrN2O. The van der Waals surface area contributed by atoms with Gasteiger partial charge in [0.2, 0.25) is 0 Å². The smallest absolute Gasteiger partial charge is 0.251 e. The maximum Gasteiger partial charge on any atom is 0.251 e. The average Bonchev–Trinajstić information content (AvgIpc) is 2.22. The maximum atomic E-state index is 12.5. The van der Waals surface area contributed by atoms with E-state index in [1.54, 1.807) is 12.1 Å². The first-order chi connectivity index (χ1) is 9.56. The van der Waals surface area contributed by atoms with Crippen LogP contribution in [0.1, 0.15) is 57.3 Å². The first-order valence-corrected chi connectivity index (χ1v) is 8.23. The molecule has 1 amide bonds. The molecule has 0 radical (unpaired) electrons. The largest absolute Gasteiger partial charge is 0.399 e. The van der Waals surface area contributed by atoms with Crippen LogP contribution in [0.25, 0.3) is 0 Å². The number of carbonyl (C=O) groups is 1. The van der Waals surface area contributed by atoms with Crippen molar-refractivity contribution in [2.75, 3.05) is 5.73 Å². The first kappa shape index (κ1) is 16.3. The number of nitrogens with two attached hydrogens (primary N) is 1. The highest BCUT2D eigenvalue weighted by molar-refractivity contribution is 9.10. The molecule has 0 saturated heterocycles. The normalized spacial score (nSPS) is 21.0. The topological polar surface area (TPSA) is 55.1 Å². The third-order valence-electron chi connectivity index (χ3n) is 4.07. The predicted octanol–water partition coefficient (Wildman–Crippen LogP) is 4.37. The molecule has 2 rings (SSSR count). The van der Waals surface area contributed by atoms with Crippen LogP contribution in [0.3, 0.4) is 0 Å². The Labute approximate surface area is 135 Å². The van der Waals surface area contributed by atoms with Gasteiger partial charge >= 0.3 is 0 Å². The summed E-state index contributed by atoms with van der Waals surface area (Å²) in [6, 6.07) is 5.55. The predicted molar refractivity (Wildman–Crippen MR) is 91.2 cm³/mol. The van der Waals surface area contributed by atoms with E-state index < -0.39 is 0 Å². The number of halogens is 1. The van der Waals surface area contributed by atoms with Crippen molar-refractivity contribution < 1.29 is 4.79 Å². The third kappa shape index (κ3) is 4.47. The van der Waals surface area contributed by atoms with Crippen LogP contribution in [0.2, 0.25) is 0 Å². The summed E-state index contributed by atoms with van der Waals surface area (Å²) in [7, 11) is 0. The molecular weight excluding hydrogens is 328 g/mol. The van der Waals surface area contributed by atoms with E-state index in [0.717, 1.165) is 17.3 Å². The summed E-state index contributed by atoms with van der Waals surface area (Å²) in [5.74, 6) is -0.0403. The van der Waals surface area contributed by atoms with Crippen molar-refractivity contribution in [3.63, 3.8) is 0 Å². The SMILES string of the molecule is CC1(C)CC(NC(=O)c2cc(N)cc(Br)c2)CC(C)(C)C1. The Morgan fingerprint density at radius 2 is 1.76 bits per heavy atom. The summed E-state index contributed by atoms with van der Waals surface area (Å²) in [5.41, 5.74) is 7.54. The van der Waals surface area contributed by atoms with Crippen LogP contribution >= 0.6 is 15.9 Å². The first-order valence-electron chi connectivity index (χ1n) is 7.43. The van der Waals surface area contributed by atoms with Gasteiger partial charge in [0.1, 0.15) is 0 Å². The molecule has 3 nitrogen and oxygen atoms in total. The fourth-order valence-corrected chi connectivity index (χ4v) is 4.47. The zero-order chi connectivity index (χ0) is 15.8. The minimum absolute atomic E-state index is 0.0403. The molecule has 0 aromatic heterocycles. The van der Waals surface area contributed by atoms with Gasteiger partial charge < -0.3 is 11.1 Å². The molecule has 0 aliphatic heterocycles. The Kier molecular flexibility index (Phi) is 4.39. The second kappa shape index (κ2) is 5.64. The summed E-state index contributed by atoms with van der Waals surface area (Å²) in [5, 5.41) is 3.19. The second-order valence-corrected chi connectivity index (χ2v) is 8.77. The van der Waals surface area contributed by atoms with E-state index in [-0.39, 0.29) is 22.8 Å². The van der Waals surface area contributed by atoms with Gasteiger partial charge in [0.05, 0.1) is 0 Å². The second-order valence-electron chi connectivity index (χ2n) is 7.86. The number of amides is 1. The van der Waals surface area contributed by atoms with Gasteiger partial charge in [-0.3, -0.25) is 4.79 Å². The Bertz CT molecular complexity index is 515. The monoisotopic (exact) mass is 352 g/mol. The van der Waals surface area contributed by atoms with Crippen LogP contribution in [0, 0.1) is 10.8 Å². The molecule has 0 atom stereocenters. The van der Waals surface area contributed by atoms with Crippen LogP contribution in [0.4, 0.5) is 5.69 Å². The number of rotatable bonds is 2. The molecule has 1 aliphatic carbocycles. The number of nitrogens with one attached hydrogen (secondary N) is 1. The minimum Gasteiger partial charge on any atom is -0.399 e. The van der Waals surface area contributed by atoms with Crippen molar-refractivity contribution in [3.05, 3.63) is 28.2 Å². The van der Waals surface area contributed by atoms with Crippen LogP contribution < -0.4 is 11.1 Å². The molecule has 1 saturated carbocycles. The Balaban J connectivity index is 2.12. The summed E-state index contributed by atoms with van der Waals surface area (Å²) in [6.07, 6.45) is 3.23. The van der Waals surface area contributed by atoms with Crippen LogP contribution in [-0.4, -0.2) is 11.9 Å². The molecule has 3 N–H and O–H groups in total. The van der Waals surface area contributed by atoms with Gasteiger partial charge in [0.15, 0.2) is 0 Å². The van der Waals surface area contributed by atoms with Gasteiger partial charge in [-0.25, -0.2) is 0 Å². The quantitative estimate of drug-likeness (QED) is 0.776. The van der Waals surface area contributed by atoms with Crippen molar-refractivity contribution in [3.8, 4) is 0 Å². The molecule has 116 valence electrons. The molecule has 1 aromatic carbocycles. The average molecular weight is 353 g/mol. The number of hydrogen-bond donors (Lipinski definition) is 2. The number of carbonyl (C=O) groups excluding carboxylic acids is 1. The highest BCUT2D eigenvalue weighted by Crippen LogP contribution is 2.45. The molecule has 4 heteroatoms. The summed E-state index contributed by atoms with van der Waals surface area (Å²) < 4.78 is 0.831. The van der Waals surface area contributed by atoms with E-state index in [1.807, 2.05) is 6.07 Å². The lowest BCUT2D eigenvalue weighted by molar-refractivity contribution is 0.0713. The lowest BCUT2D eigenvalue weighted by Gasteiger charge is -2.45. The van der Waals surface area contributed by atoms with Gasteiger partial charge in [0.25, 0.3) is 5.91 Å². The van der Waals surface area contributed by atoms with Crippen LogP contribution in [0.5, 0.6) is 0 Å². The number of anilines is 1. The highest BCUT2D eigenvalue weighted by Gasteiger charge is 2.38. The number of nitrogen functional groups attached to an aromatic ring is 1. The number of benzene rings is 1. The van der Waals surface area contributed by atoms with Gasteiger partial charge in [-0.1, -0.05) is 43.6 Å². The molecule has 0 unspecified atom stereocenters. The standard InChI is InChI=1S/C17H25BrN2O/c1-16(2)8-14(9-17(3,4)10-16)20-15(21)11-5-12(18)7-13(19)6-11/h5-7,14H,8-10,19H2,1-4H3,(H,20,21).